The molecule has 108 valence electrons. The third-order valence-electron chi connectivity index (χ3n) is 3.27. The van der Waals surface area contributed by atoms with Crippen LogP contribution in [0.3, 0.4) is 0 Å². The van der Waals surface area contributed by atoms with Crippen LogP contribution in [0.15, 0.2) is 31.6 Å². The van der Waals surface area contributed by atoms with Crippen LogP contribution in [0.4, 0.5) is 0 Å². The minimum Gasteiger partial charge on any atom is -0.324 e. The maximum absolute atomic E-state index is 6.37. The van der Waals surface area contributed by atoms with Crippen molar-refractivity contribution in [3.05, 3.63) is 48.6 Å². The molecule has 2 rings (SSSR count). The lowest BCUT2D eigenvalue weighted by Gasteiger charge is -2.15. The highest BCUT2D eigenvalue weighted by molar-refractivity contribution is 9.11. The second kappa shape index (κ2) is 6.73. The second-order valence-electron chi connectivity index (χ2n) is 4.66. The van der Waals surface area contributed by atoms with Gasteiger partial charge in [0.2, 0.25) is 0 Å². The molecule has 1 aromatic heterocycles. The smallest absolute Gasteiger partial charge is 0.0766 e. The molecule has 0 saturated carbocycles. The number of aryl methyl sites for hydroxylation is 2. The van der Waals surface area contributed by atoms with Crippen molar-refractivity contribution in [2.75, 3.05) is 0 Å². The van der Waals surface area contributed by atoms with Gasteiger partial charge in [-0.15, -0.1) is 0 Å². The predicted molar refractivity (Wildman–Crippen MR) is 92.8 cm³/mol. The Kier molecular flexibility index (Phi) is 5.45. The molecule has 2 N–H and O–H groups in total. The number of nitrogens with zero attached hydrogens (tertiary/aromatic N) is 2. The zero-order valence-corrected chi connectivity index (χ0v) is 16.1. The van der Waals surface area contributed by atoms with E-state index in [1.165, 1.54) is 0 Å². The van der Waals surface area contributed by atoms with Crippen molar-refractivity contribution in [2.24, 2.45) is 12.8 Å². The third kappa shape index (κ3) is 3.35. The van der Waals surface area contributed by atoms with Crippen LogP contribution in [0, 0.1) is 0 Å². The minimum absolute atomic E-state index is 0.0849. The Hall–Kier alpha value is -0.170. The summed E-state index contributed by atoms with van der Waals surface area (Å²) in [6, 6.07) is 5.97. The van der Waals surface area contributed by atoms with Crippen LogP contribution in [0.2, 0.25) is 0 Å². The lowest BCUT2D eigenvalue weighted by Crippen LogP contribution is -2.16. The Morgan fingerprint density at radius 3 is 2.60 bits per heavy atom. The molecule has 0 aliphatic carbocycles. The summed E-state index contributed by atoms with van der Waals surface area (Å²) in [6.07, 6.45) is 1.64. The molecule has 0 amide bonds. The largest absolute Gasteiger partial charge is 0.324 e. The fourth-order valence-corrected chi connectivity index (χ4v) is 3.86. The summed E-state index contributed by atoms with van der Waals surface area (Å²) >= 11 is 10.7. The van der Waals surface area contributed by atoms with Gasteiger partial charge >= 0.3 is 0 Å². The molecule has 20 heavy (non-hydrogen) atoms. The van der Waals surface area contributed by atoms with Crippen LogP contribution in [0.25, 0.3) is 0 Å². The zero-order valence-electron chi connectivity index (χ0n) is 11.3. The van der Waals surface area contributed by atoms with E-state index in [0.717, 1.165) is 43.2 Å². The molecule has 1 aromatic carbocycles. The van der Waals surface area contributed by atoms with E-state index in [9.17, 15) is 0 Å². The van der Waals surface area contributed by atoms with E-state index >= 15 is 0 Å². The first-order valence-electron chi connectivity index (χ1n) is 6.34. The molecule has 0 bridgehead atoms. The van der Waals surface area contributed by atoms with Crippen molar-refractivity contribution < 1.29 is 0 Å². The number of aromatic nitrogens is 2. The van der Waals surface area contributed by atoms with Crippen LogP contribution in [0.1, 0.15) is 29.9 Å². The molecule has 3 nitrogen and oxygen atoms in total. The topological polar surface area (TPSA) is 43.8 Å². The molecule has 1 heterocycles. The van der Waals surface area contributed by atoms with Gasteiger partial charge < -0.3 is 5.73 Å². The number of rotatable bonds is 4. The maximum Gasteiger partial charge on any atom is 0.0766 e. The Morgan fingerprint density at radius 2 is 2.00 bits per heavy atom. The first-order chi connectivity index (χ1) is 9.43. The van der Waals surface area contributed by atoms with Gasteiger partial charge in [0.15, 0.2) is 0 Å². The molecule has 1 unspecified atom stereocenters. The molecule has 0 saturated heterocycles. The highest BCUT2D eigenvalue weighted by Gasteiger charge is 2.18. The summed E-state index contributed by atoms with van der Waals surface area (Å²) in [7, 11) is 1.96. The highest BCUT2D eigenvalue weighted by atomic mass is 79.9. The van der Waals surface area contributed by atoms with E-state index < -0.39 is 0 Å². The quantitative estimate of drug-likeness (QED) is 0.721. The molecule has 0 aliphatic heterocycles. The predicted octanol–water partition coefficient (Wildman–Crippen LogP) is 4.51. The third-order valence-corrected chi connectivity index (χ3v) is 5.40. The van der Waals surface area contributed by atoms with Gasteiger partial charge in [0.25, 0.3) is 0 Å². The van der Waals surface area contributed by atoms with Gasteiger partial charge in [0.05, 0.1) is 15.9 Å². The van der Waals surface area contributed by atoms with Gasteiger partial charge in [0.1, 0.15) is 0 Å². The molecular weight excluding hydrogens is 450 g/mol. The van der Waals surface area contributed by atoms with Gasteiger partial charge in [-0.1, -0.05) is 38.8 Å². The van der Waals surface area contributed by atoms with Crippen LogP contribution < -0.4 is 5.73 Å². The second-order valence-corrected chi connectivity index (χ2v) is 7.22. The molecule has 0 radical (unpaired) electrons. The molecule has 0 fully saturated rings. The van der Waals surface area contributed by atoms with Gasteiger partial charge in [-0.25, -0.2) is 0 Å². The number of nitrogens with two attached hydrogens (primary N) is 1. The number of halogens is 3. The Morgan fingerprint density at radius 1 is 1.30 bits per heavy atom. The van der Waals surface area contributed by atoms with E-state index in [1.54, 1.807) is 0 Å². The summed E-state index contributed by atoms with van der Waals surface area (Å²) in [4.78, 5) is 0. The molecule has 0 spiro atoms. The molecule has 6 heteroatoms. The van der Waals surface area contributed by atoms with Crippen LogP contribution in [0.5, 0.6) is 0 Å². The molecule has 1 atom stereocenters. The summed E-state index contributed by atoms with van der Waals surface area (Å²) in [5, 5.41) is 4.51. The average molecular weight is 466 g/mol. The molecule has 0 aliphatic rings. The van der Waals surface area contributed by atoms with Crippen molar-refractivity contribution in [1.29, 1.82) is 0 Å². The zero-order chi connectivity index (χ0) is 14.9. The van der Waals surface area contributed by atoms with Crippen molar-refractivity contribution in [3.8, 4) is 0 Å². The summed E-state index contributed by atoms with van der Waals surface area (Å²) in [5.41, 5.74) is 9.66. The van der Waals surface area contributed by atoms with Crippen LogP contribution in [-0.4, -0.2) is 9.78 Å². The van der Waals surface area contributed by atoms with Crippen molar-refractivity contribution >= 4 is 47.8 Å². The van der Waals surface area contributed by atoms with E-state index in [1.807, 2.05) is 23.9 Å². The fourth-order valence-electron chi connectivity index (χ4n) is 2.16. The number of hydrogen-bond donors (Lipinski definition) is 1. The maximum atomic E-state index is 6.37. The standard InChI is InChI=1S/C14H16Br3N3/c1-3-12-14(17)13(20(2)19-12)7-11(18)9-6-8(15)4-5-10(9)16/h4-6,11H,3,7,18H2,1-2H3. The first-order valence-corrected chi connectivity index (χ1v) is 8.72. The van der Waals surface area contributed by atoms with Crippen molar-refractivity contribution in [2.45, 2.75) is 25.8 Å². The number of benzene rings is 1. The lowest BCUT2D eigenvalue weighted by molar-refractivity contribution is 0.635. The molecule has 2 aromatic rings. The van der Waals surface area contributed by atoms with Crippen molar-refractivity contribution in [1.82, 2.24) is 9.78 Å². The Labute approximate surface area is 144 Å². The van der Waals surface area contributed by atoms with Crippen molar-refractivity contribution in [3.63, 3.8) is 0 Å². The van der Waals surface area contributed by atoms with Crippen LogP contribution >= 0.6 is 47.8 Å². The van der Waals surface area contributed by atoms with Gasteiger partial charge in [-0.3, -0.25) is 4.68 Å². The first kappa shape index (κ1) is 16.2. The van der Waals surface area contributed by atoms with E-state index in [0.29, 0.717) is 0 Å². The van der Waals surface area contributed by atoms with Crippen LogP contribution in [-0.2, 0) is 19.9 Å². The Bertz CT molecular complexity index is 622. The highest BCUT2D eigenvalue weighted by Crippen LogP contribution is 2.30. The van der Waals surface area contributed by atoms with E-state index in [-0.39, 0.29) is 6.04 Å². The Balaban J connectivity index is 2.30. The summed E-state index contributed by atoms with van der Waals surface area (Å²) in [6.45, 7) is 2.10. The van der Waals surface area contributed by atoms with E-state index in [2.05, 4.69) is 65.9 Å². The van der Waals surface area contributed by atoms with E-state index in [4.69, 9.17) is 5.73 Å². The lowest BCUT2D eigenvalue weighted by atomic mass is 10.0. The average Bonchev–Trinajstić information content (AvgIpc) is 2.68. The summed E-state index contributed by atoms with van der Waals surface area (Å²) in [5.74, 6) is 0. The number of hydrogen-bond acceptors (Lipinski definition) is 2. The van der Waals surface area contributed by atoms with Gasteiger partial charge in [-0.2, -0.15) is 5.10 Å². The van der Waals surface area contributed by atoms with Gasteiger partial charge in [-0.05, 0) is 46.1 Å². The van der Waals surface area contributed by atoms with Gasteiger partial charge in [0, 0.05) is 28.5 Å². The normalized spacial score (nSPS) is 12.7. The fraction of sp³-hybridized carbons (Fsp3) is 0.357. The minimum atomic E-state index is -0.0849. The SMILES string of the molecule is CCc1nn(C)c(CC(N)c2cc(Br)ccc2Br)c1Br. The summed E-state index contributed by atoms with van der Waals surface area (Å²) < 4.78 is 5.05. The monoisotopic (exact) mass is 463 g/mol. The molecular formula is C14H16Br3N3.